The molecule has 4 rings (SSSR count). The predicted octanol–water partition coefficient (Wildman–Crippen LogP) is 4.18. The van der Waals surface area contributed by atoms with Gasteiger partial charge < -0.3 is 20.1 Å². The molecule has 0 radical (unpaired) electrons. The molecule has 0 saturated heterocycles. The highest BCUT2D eigenvalue weighted by Gasteiger charge is 2.36. The van der Waals surface area contributed by atoms with Crippen LogP contribution in [-0.2, 0) is 14.3 Å². The number of carboxylic acids is 1. The molecule has 2 aromatic rings. The molecule has 0 spiro atoms. The molecule has 2 aromatic carbocycles. The average Bonchev–Trinajstić information content (AvgIpc) is 3.19. The summed E-state index contributed by atoms with van der Waals surface area (Å²) in [6.45, 7) is 4.70. The third-order valence-electron chi connectivity index (χ3n) is 7.03. The van der Waals surface area contributed by atoms with Gasteiger partial charge in [0, 0.05) is 31.1 Å². The Morgan fingerprint density at radius 3 is 2.24 bits per heavy atom. The quantitative estimate of drug-likeness (QED) is 0.643. The van der Waals surface area contributed by atoms with Crippen LogP contribution in [0.2, 0.25) is 0 Å². The van der Waals surface area contributed by atoms with Gasteiger partial charge in [0.05, 0.1) is 5.41 Å². The van der Waals surface area contributed by atoms with E-state index in [1.165, 1.54) is 0 Å². The predicted molar refractivity (Wildman–Crippen MR) is 128 cm³/mol. The standard InChI is InChI=1S/C27H30N2O5/c1-3-27(2,25(32)29-14-12-18(13-15-29)24(30)31)17-28-26(33)34-16-23-21-10-6-4-8-19(21)20-9-5-7-11-22(20)23/h4-12,23H,3,13-17H2,1-2H3,(H,28,33)(H,30,31). The molecular formula is C27H30N2O5. The number of amides is 2. The summed E-state index contributed by atoms with van der Waals surface area (Å²) in [5.74, 6) is -1.07. The number of carbonyl (C=O) groups is 3. The molecule has 2 aliphatic rings. The summed E-state index contributed by atoms with van der Waals surface area (Å²) < 4.78 is 5.60. The van der Waals surface area contributed by atoms with Crippen LogP contribution in [0.25, 0.3) is 11.1 Å². The third-order valence-corrected chi connectivity index (χ3v) is 7.03. The van der Waals surface area contributed by atoms with Gasteiger partial charge in [-0.15, -0.1) is 0 Å². The monoisotopic (exact) mass is 462 g/mol. The van der Waals surface area contributed by atoms with Crippen molar-refractivity contribution in [3.8, 4) is 11.1 Å². The fourth-order valence-corrected chi connectivity index (χ4v) is 4.70. The van der Waals surface area contributed by atoms with Gasteiger partial charge in [0.15, 0.2) is 0 Å². The Labute approximate surface area is 199 Å². The molecular weight excluding hydrogens is 432 g/mol. The molecule has 7 heteroatoms. The minimum Gasteiger partial charge on any atom is -0.478 e. The van der Waals surface area contributed by atoms with E-state index in [2.05, 4.69) is 29.6 Å². The minimum absolute atomic E-state index is 0.0269. The van der Waals surface area contributed by atoms with E-state index in [1.807, 2.05) is 38.1 Å². The maximum Gasteiger partial charge on any atom is 0.407 e. The fraction of sp³-hybridized carbons (Fsp3) is 0.370. The highest BCUT2D eigenvalue weighted by atomic mass is 16.5. The molecule has 2 N–H and O–H groups in total. The van der Waals surface area contributed by atoms with Crippen LogP contribution in [0.5, 0.6) is 0 Å². The smallest absolute Gasteiger partial charge is 0.407 e. The molecule has 0 bridgehead atoms. The van der Waals surface area contributed by atoms with Crippen molar-refractivity contribution in [2.75, 3.05) is 26.2 Å². The van der Waals surface area contributed by atoms with Crippen molar-refractivity contribution >= 4 is 18.0 Å². The van der Waals surface area contributed by atoms with Crippen LogP contribution >= 0.6 is 0 Å². The molecule has 2 amide bonds. The van der Waals surface area contributed by atoms with E-state index in [0.717, 1.165) is 22.3 Å². The Morgan fingerprint density at radius 2 is 1.71 bits per heavy atom. The first kappa shape index (κ1) is 23.5. The first-order valence-corrected chi connectivity index (χ1v) is 11.6. The molecule has 7 nitrogen and oxygen atoms in total. The normalized spacial score (nSPS) is 16.6. The Morgan fingerprint density at radius 1 is 1.09 bits per heavy atom. The number of nitrogens with zero attached hydrogens (tertiary/aromatic N) is 1. The summed E-state index contributed by atoms with van der Waals surface area (Å²) in [7, 11) is 0. The lowest BCUT2D eigenvalue weighted by molar-refractivity contribution is -0.141. The van der Waals surface area contributed by atoms with E-state index in [-0.39, 0.29) is 31.5 Å². The number of carboxylic acid groups (broad SMARTS) is 1. The summed E-state index contributed by atoms with van der Waals surface area (Å²) in [5.41, 5.74) is 4.14. The minimum atomic E-state index is -0.942. The van der Waals surface area contributed by atoms with Crippen molar-refractivity contribution in [3.63, 3.8) is 0 Å². The number of benzene rings is 2. The molecule has 178 valence electrons. The molecule has 34 heavy (non-hydrogen) atoms. The van der Waals surface area contributed by atoms with Crippen molar-refractivity contribution in [1.29, 1.82) is 0 Å². The van der Waals surface area contributed by atoms with Gasteiger partial charge in [0.2, 0.25) is 5.91 Å². The second kappa shape index (κ2) is 9.71. The van der Waals surface area contributed by atoms with E-state index in [1.54, 1.807) is 11.0 Å². The Balaban J connectivity index is 1.35. The second-order valence-electron chi connectivity index (χ2n) is 9.13. The van der Waals surface area contributed by atoms with Gasteiger partial charge >= 0.3 is 12.1 Å². The first-order chi connectivity index (χ1) is 16.3. The Kier molecular flexibility index (Phi) is 6.72. The lowest BCUT2D eigenvalue weighted by Gasteiger charge is -2.35. The van der Waals surface area contributed by atoms with Crippen LogP contribution in [0.1, 0.15) is 43.7 Å². The zero-order valence-electron chi connectivity index (χ0n) is 19.5. The van der Waals surface area contributed by atoms with Gasteiger partial charge in [0.25, 0.3) is 0 Å². The van der Waals surface area contributed by atoms with Gasteiger partial charge in [-0.25, -0.2) is 9.59 Å². The van der Waals surface area contributed by atoms with Crippen LogP contribution in [0.4, 0.5) is 4.79 Å². The Hall–Kier alpha value is -3.61. The van der Waals surface area contributed by atoms with Crippen LogP contribution in [0.15, 0.2) is 60.2 Å². The Bertz CT molecular complexity index is 1100. The highest BCUT2D eigenvalue weighted by Crippen LogP contribution is 2.44. The SMILES string of the molecule is CCC(C)(CNC(=O)OCC1c2ccccc2-c2ccccc21)C(=O)N1CC=C(C(=O)O)CC1. The van der Waals surface area contributed by atoms with E-state index in [9.17, 15) is 14.4 Å². The van der Waals surface area contributed by atoms with Crippen molar-refractivity contribution in [1.82, 2.24) is 10.2 Å². The molecule has 1 atom stereocenters. The van der Waals surface area contributed by atoms with Gasteiger partial charge in [-0.1, -0.05) is 61.5 Å². The fourth-order valence-electron chi connectivity index (χ4n) is 4.70. The highest BCUT2D eigenvalue weighted by molar-refractivity contribution is 5.88. The summed E-state index contributed by atoms with van der Waals surface area (Å²) in [4.78, 5) is 38.5. The van der Waals surface area contributed by atoms with E-state index in [4.69, 9.17) is 9.84 Å². The number of hydrogen-bond donors (Lipinski definition) is 2. The number of hydrogen-bond acceptors (Lipinski definition) is 4. The maximum absolute atomic E-state index is 13.1. The van der Waals surface area contributed by atoms with Gasteiger partial charge in [0.1, 0.15) is 6.61 Å². The maximum atomic E-state index is 13.1. The number of alkyl carbamates (subject to hydrolysis) is 1. The topological polar surface area (TPSA) is 95.9 Å². The van der Waals surface area contributed by atoms with E-state index in [0.29, 0.717) is 25.0 Å². The second-order valence-corrected chi connectivity index (χ2v) is 9.13. The largest absolute Gasteiger partial charge is 0.478 e. The first-order valence-electron chi connectivity index (χ1n) is 11.6. The average molecular weight is 463 g/mol. The molecule has 0 saturated carbocycles. The lowest BCUT2D eigenvalue weighted by atomic mass is 9.85. The summed E-state index contributed by atoms with van der Waals surface area (Å²) in [6, 6.07) is 16.3. The van der Waals surface area contributed by atoms with Crippen molar-refractivity contribution in [2.24, 2.45) is 5.41 Å². The molecule has 1 unspecified atom stereocenters. The summed E-state index contributed by atoms with van der Waals surface area (Å²) >= 11 is 0. The zero-order chi connectivity index (χ0) is 24.3. The van der Waals surface area contributed by atoms with Gasteiger partial charge in [-0.05, 0) is 42.0 Å². The number of nitrogens with one attached hydrogen (secondary N) is 1. The summed E-state index contributed by atoms with van der Waals surface area (Å²) in [5, 5.41) is 11.9. The number of fused-ring (bicyclic) bond motifs is 3. The van der Waals surface area contributed by atoms with Crippen LogP contribution in [0, 0.1) is 5.41 Å². The number of ether oxygens (including phenoxy) is 1. The lowest BCUT2D eigenvalue weighted by Crippen LogP contribution is -2.49. The van der Waals surface area contributed by atoms with Gasteiger partial charge in [-0.3, -0.25) is 4.79 Å². The summed E-state index contributed by atoms with van der Waals surface area (Å²) in [6.07, 6.45) is 1.88. The third kappa shape index (κ3) is 4.55. The molecule has 1 aliphatic carbocycles. The van der Waals surface area contributed by atoms with Gasteiger partial charge in [-0.2, -0.15) is 0 Å². The van der Waals surface area contributed by atoms with Crippen molar-refractivity contribution in [2.45, 2.75) is 32.6 Å². The number of aliphatic carboxylic acids is 1. The van der Waals surface area contributed by atoms with Crippen LogP contribution < -0.4 is 5.32 Å². The van der Waals surface area contributed by atoms with Crippen molar-refractivity contribution in [3.05, 3.63) is 71.3 Å². The molecule has 1 aliphatic heterocycles. The number of rotatable bonds is 7. The zero-order valence-corrected chi connectivity index (χ0v) is 19.5. The van der Waals surface area contributed by atoms with E-state index >= 15 is 0 Å². The molecule has 1 heterocycles. The van der Waals surface area contributed by atoms with Crippen LogP contribution in [0.3, 0.4) is 0 Å². The van der Waals surface area contributed by atoms with Crippen LogP contribution in [-0.4, -0.2) is 54.2 Å². The molecule has 0 fully saturated rings. The van der Waals surface area contributed by atoms with Crippen molar-refractivity contribution < 1.29 is 24.2 Å². The van der Waals surface area contributed by atoms with E-state index < -0.39 is 17.5 Å². The molecule has 0 aromatic heterocycles. The number of carbonyl (C=O) groups excluding carboxylic acids is 2.